The Morgan fingerprint density at radius 2 is 2.00 bits per heavy atom. The number of carbonyl (C=O) groups excluding carboxylic acids is 2. The van der Waals surface area contributed by atoms with Crippen molar-refractivity contribution >= 4 is 17.6 Å². The number of carbonyl (C=O) groups is 2. The zero-order chi connectivity index (χ0) is 16.8. The van der Waals surface area contributed by atoms with Crippen molar-refractivity contribution in [2.75, 3.05) is 12.4 Å². The van der Waals surface area contributed by atoms with E-state index in [1.807, 2.05) is 0 Å². The molecule has 122 valence electrons. The number of benzene rings is 1. The van der Waals surface area contributed by atoms with Crippen LogP contribution in [0.2, 0.25) is 0 Å². The monoisotopic (exact) mass is 323 g/mol. The molecule has 0 unspecified atom stereocenters. The van der Waals surface area contributed by atoms with E-state index in [-0.39, 0.29) is 23.8 Å². The summed E-state index contributed by atoms with van der Waals surface area (Å²) in [6, 6.07) is 3.63. The summed E-state index contributed by atoms with van der Waals surface area (Å²) in [7, 11) is 1.43. The smallest absolute Gasteiger partial charge is 0.275 e. The molecule has 2 rings (SSSR count). The summed E-state index contributed by atoms with van der Waals surface area (Å²) in [5, 5.41) is 14.4. The van der Waals surface area contributed by atoms with E-state index >= 15 is 0 Å². The molecule has 1 aromatic heterocycles. The van der Waals surface area contributed by atoms with Gasteiger partial charge in [0, 0.05) is 13.5 Å². The molecule has 2 aromatic rings. The van der Waals surface area contributed by atoms with Crippen molar-refractivity contribution in [3.05, 3.63) is 41.1 Å². The van der Waals surface area contributed by atoms with Crippen LogP contribution in [0, 0.1) is 11.6 Å². The molecular weight excluding hydrogens is 308 g/mol. The second-order valence-electron chi connectivity index (χ2n) is 4.75. The van der Waals surface area contributed by atoms with Crippen molar-refractivity contribution in [1.29, 1.82) is 0 Å². The molecule has 23 heavy (non-hydrogen) atoms. The van der Waals surface area contributed by atoms with Gasteiger partial charge < -0.3 is 10.6 Å². The molecule has 0 aliphatic rings. The van der Waals surface area contributed by atoms with Crippen molar-refractivity contribution in [3.63, 3.8) is 0 Å². The maximum absolute atomic E-state index is 13.1. The van der Waals surface area contributed by atoms with E-state index in [1.54, 1.807) is 0 Å². The minimum absolute atomic E-state index is 0.0125. The molecule has 2 amide bonds. The van der Waals surface area contributed by atoms with Crippen LogP contribution in [0.3, 0.4) is 0 Å². The fraction of sp³-hybridized carbons (Fsp3) is 0.286. The van der Waals surface area contributed by atoms with Crippen LogP contribution in [0.5, 0.6) is 0 Å². The van der Waals surface area contributed by atoms with Gasteiger partial charge in [-0.25, -0.2) is 8.78 Å². The summed E-state index contributed by atoms with van der Waals surface area (Å²) in [5.41, 5.74) is 0.589. The van der Waals surface area contributed by atoms with E-state index in [0.29, 0.717) is 18.4 Å². The first-order chi connectivity index (χ1) is 11.0. The highest BCUT2D eigenvalue weighted by molar-refractivity contribution is 6.00. The molecule has 0 aliphatic heterocycles. The predicted octanol–water partition coefficient (Wildman–Crippen LogP) is 1.40. The highest BCUT2D eigenvalue weighted by Crippen LogP contribution is 2.12. The maximum Gasteiger partial charge on any atom is 0.275 e. The number of halogens is 2. The van der Waals surface area contributed by atoms with Crippen LogP contribution >= 0.6 is 0 Å². The molecule has 0 saturated carbocycles. The number of aryl methyl sites for hydroxylation is 1. The number of hydrogen-bond donors (Lipinski definition) is 3. The van der Waals surface area contributed by atoms with Crippen LogP contribution in [0.4, 0.5) is 14.6 Å². The second-order valence-corrected chi connectivity index (χ2v) is 4.75. The van der Waals surface area contributed by atoms with E-state index in [9.17, 15) is 18.4 Å². The van der Waals surface area contributed by atoms with Crippen LogP contribution in [-0.2, 0) is 11.2 Å². The van der Waals surface area contributed by atoms with Gasteiger partial charge in [0.1, 0.15) is 0 Å². The molecule has 0 radical (unpaired) electrons. The lowest BCUT2D eigenvalue weighted by Gasteiger charge is -2.04. The third-order valence-electron chi connectivity index (χ3n) is 3.10. The van der Waals surface area contributed by atoms with Gasteiger partial charge in [-0.05, 0) is 30.5 Å². The first-order valence-electron chi connectivity index (χ1n) is 6.88. The van der Waals surface area contributed by atoms with Crippen molar-refractivity contribution in [3.8, 4) is 0 Å². The minimum atomic E-state index is -0.912. The fourth-order valence-electron chi connectivity index (χ4n) is 1.94. The number of anilines is 1. The van der Waals surface area contributed by atoms with Crippen LogP contribution in [0.25, 0.3) is 0 Å². The molecule has 0 aliphatic carbocycles. The molecule has 1 heterocycles. The summed E-state index contributed by atoms with van der Waals surface area (Å²) >= 11 is 0. The number of H-pyrrole nitrogens is 1. The average molecular weight is 323 g/mol. The number of hydrogen-bond acceptors (Lipinski definition) is 4. The Kier molecular flexibility index (Phi) is 5.34. The van der Waals surface area contributed by atoms with E-state index < -0.39 is 17.5 Å². The third-order valence-corrected chi connectivity index (χ3v) is 3.10. The van der Waals surface area contributed by atoms with Crippen LogP contribution < -0.4 is 10.6 Å². The van der Waals surface area contributed by atoms with Gasteiger partial charge in [0.25, 0.3) is 5.91 Å². The van der Waals surface area contributed by atoms with Crippen molar-refractivity contribution in [2.45, 2.75) is 19.3 Å². The summed E-state index contributed by atoms with van der Waals surface area (Å²) < 4.78 is 25.9. The highest BCUT2D eigenvalue weighted by atomic mass is 19.2. The topological polar surface area (TPSA) is 99.8 Å². The van der Waals surface area contributed by atoms with Crippen molar-refractivity contribution in [2.24, 2.45) is 0 Å². The van der Waals surface area contributed by atoms with Crippen molar-refractivity contribution < 1.29 is 18.4 Å². The zero-order valence-corrected chi connectivity index (χ0v) is 12.3. The molecule has 7 nitrogen and oxygen atoms in total. The van der Waals surface area contributed by atoms with Crippen molar-refractivity contribution in [1.82, 2.24) is 20.7 Å². The maximum atomic E-state index is 13.1. The quantitative estimate of drug-likeness (QED) is 0.748. The Balaban J connectivity index is 1.85. The lowest BCUT2D eigenvalue weighted by Crippen LogP contribution is -2.21. The molecule has 0 atom stereocenters. The fourth-order valence-corrected chi connectivity index (χ4v) is 1.94. The molecule has 3 N–H and O–H groups in total. The molecule has 0 bridgehead atoms. The third kappa shape index (κ3) is 4.31. The lowest BCUT2D eigenvalue weighted by atomic mass is 10.1. The number of nitrogens with zero attached hydrogens (tertiary/aromatic N) is 2. The van der Waals surface area contributed by atoms with E-state index in [0.717, 1.165) is 12.1 Å². The van der Waals surface area contributed by atoms with Gasteiger partial charge in [0.2, 0.25) is 5.91 Å². The van der Waals surface area contributed by atoms with E-state index in [1.165, 1.54) is 13.1 Å². The molecule has 9 heteroatoms. The summed E-state index contributed by atoms with van der Waals surface area (Å²) in [6.45, 7) is 0. The summed E-state index contributed by atoms with van der Waals surface area (Å²) in [6.07, 6.45) is 0.995. The van der Waals surface area contributed by atoms with Crippen LogP contribution in [-0.4, -0.2) is 34.3 Å². The van der Waals surface area contributed by atoms with Crippen LogP contribution in [0.1, 0.15) is 28.9 Å². The first-order valence-corrected chi connectivity index (χ1v) is 6.88. The Morgan fingerprint density at radius 1 is 1.22 bits per heavy atom. The molecule has 1 aromatic carbocycles. The van der Waals surface area contributed by atoms with Gasteiger partial charge >= 0.3 is 0 Å². The summed E-state index contributed by atoms with van der Waals surface area (Å²) in [5.74, 6) is -2.60. The van der Waals surface area contributed by atoms with Gasteiger partial charge in [-0.2, -0.15) is 5.21 Å². The number of nitrogens with one attached hydrogen (secondary N) is 3. The molecule has 0 spiro atoms. The van der Waals surface area contributed by atoms with Gasteiger partial charge in [0.05, 0.1) is 0 Å². The SMILES string of the molecule is CNC(=O)c1n[nH]nc1NC(=O)CCCc1ccc(F)c(F)c1. The van der Waals surface area contributed by atoms with Gasteiger partial charge in [-0.15, -0.1) is 10.2 Å². The number of amides is 2. The second kappa shape index (κ2) is 7.43. The largest absolute Gasteiger partial charge is 0.354 e. The molecular formula is C14H15F2N5O2. The van der Waals surface area contributed by atoms with Gasteiger partial charge in [-0.1, -0.05) is 6.07 Å². The number of aromatic nitrogens is 3. The standard InChI is InChI=1S/C14H15F2N5O2/c1-17-14(23)12-13(20-21-19-12)18-11(22)4-2-3-8-5-6-9(15)10(16)7-8/h5-7H,2-4H2,1H3,(H,17,23)(H2,18,19,20,21,22). The predicted molar refractivity (Wildman–Crippen MR) is 77.7 cm³/mol. The minimum Gasteiger partial charge on any atom is -0.354 e. The average Bonchev–Trinajstić information content (AvgIpc) is 2.98. The highest BCUT2D eigenvalue weighted by Gasteiger charge is 2.16. The Bertz CT molecular complexity index is 717. The number of rotatable bonds is 6. The Morgan fingerprint density at radius 3 is 2.70 bits per heavy atom. The normalized spacial score (nSPS) is 10.4. The van der Waals surface area contributed by atoms with E-state index in [2.05, 4.69) is 26.0 Å². The number of aromatic amines is 1. The first kappa shape index (κ1) is 16.5. The van der Waals surface area contributed by atoms with Crippen LogP contribution in [0.15, 0.2) is 18.2 Å². The molecule has 0 fully saturated rings. The Labute approximate surface area is 130 Å². The van der Waals surface area contributed by atoms with E-state index in [4.69, 9.17) is 0 Å². The Hall–Kier alpha value is -2.84. The lowest BCUT2D eigenvalue weighted by molar-refractivity contribution is -0.116. The summed E-state index contributed by atoms with van der Waals surface area (Å²) in [4.78, 5) is 23.3. The zero-order valence-electron chi connectivity index (χ0n) is 12.3. The molecule has 0 saturated heterocycles. The van der Waals surface area contributed by atoms with Gasteiger partial charge in [0.15, 0.2) is 23.1 Å². The van der Waals surface area contributed by atoms with Gasteiger partial charge in [-0.3, -0.25) is 9.59 Å².